The first-order chi connectivity index (χ1) is 9.83. The van der Waals surface area contributed by atoms with Crippen LogP contribution in [-0.2, 0) is 13.0 Å². The molecular formula is C16H19N3O. The predicted molar refractivity (Wildman–Crippen MR) is 77.0 cm³/mol. The molecule has 104 valence electrons. The Labute approximate surface area is 119 Å². The van der Waals surface area contributed by atoms with Crippen LogP contribution in [0.5, 0.6) is 0 Å². The molecule has 2 atom stereocenters. The van der Waals surface area contributed by atoms with E-state index in [2.05, 4.69) is 14.9 Å². The van der Waals surface area contributed by atoms with Crippen molar-refractivity contribution in [2.45, 2.75) is 31.5 Å². The Bertz CT molecular complexity index is 532. The van der Waals surface area contributed by atoms with Crippen LogP contribution in [0.25, 0.3) is 0 Å². The van der Waals surface area contributed by atoms with Crippen LogP contribution >= 0.6 is 0 Å². The molecule has 1 fully saturated rings. The largest absolute Gasteiger partial charge is 0.391 e. The summed E-state index contributed by atoms with van der Waals surface area (Å²) < 4.78 is 0. The Balaban J connectivity index is 1.70. The molecule has 0 aliphatic carbocycles. The van der Waals surface area contributed by atoms with Crippen molar-refractivity contribution in [1.82, 2.24) is 14.9 Å². The molecule has 1 saturated heterocycles. The number of aliphatic hydroxyl groups is 1. The van der Waals surface area contributed by atoms with Gasteiger partial charge >= 0.3 is 0 Å². The number of likely N-dealkylation sites (tertiary alicyclic amines) is 1. The quantitative estimate of drug-likeness (QED) is 0.917. The van der Waals surface area contributed by atoms with Gasteiger partial charge in [-0.15, -0.1) is 0 Å². The van der Waals surface area contributed by atoms with Crippen molar-refractivity contribution in [1.29, 1.82) is 0 Å². The molecule has 2 aromatic rings. The zero-order valence-corrected chi connectivity index (χ0v) is 11.4. The van der Waals surface area contributed by atoms with Crippen LogP contribution in [0.2, 0.25) is 0 Å². The third-order valence-corrected chi connectivity index (χ3v) is 3.91. The predicted octanol–water partition coefficient (Wildman–Crippen LogP) is 1.65. The number of pyridine rings is 2. The van der Waals surface area contributed by atoms with Crippen LogP contribution in [0.4, 0.5) is 0 Å². The molecule has 0 amide bonds. The van der Waals surface area contributed by atoms with E-state index >= 15 is 0 Å². The number of nitrogens with zero attached hydrogens (tertiary/aromatic N) is 3. The normalized spacial score (nSPS) is 23.1. The molecule has 0 radical (unpaired) electrons. The van der Waals surface area contributed by atoms with Gasteiger partial charge in [0, 0.05) is 37.7 Å². The van der Waals surface area contributed by atoms with Gasteiger partial charge in [0.05, 0.1) is 11.8 Å². The lowest BCUT2D eigenvalue weighted by Crippen LogP contribution is -2.36. The highest BCUT2D eigenvalue weighted by atomic mass is 16.3. The molecule has 0 unspecified atom stereocenters. The first-order valence-electron chi connectivity index (χ1n) is 7.04. The zero-order chi connectivity index (χ0) is 13.8. The van der Waals surface area contributed by atoms with Gasteiger partial charge in [-0.2, -0.15) is 0 Å². The smallest absolute Gasteiger partial charge is 0.0710 e. The lowest BCUT2D eigenvalue weighted by molar-refractivity contribution is 0.112. The molecule has 4 nitrogen and oxygen atoms in total. The van der Waals surface area contributed by atoms with Gasteiger partial charge in [0.25, 0.3) is 0 Å². The van der Waals surface area contributed by atoms with Crippen LogP contribution in [-0.4, -0.2) is 38.7 Å². The van der Waals surface area contributed by atoms with Crippen molar-refractivity contribution < 1.29 is 5.11 Å². The molecule has 0 saturated carbocycles. The average molecular weight is 269 g/mol. The average Bonchev–Trinajstić information content (AvgIpc) is 2.83. The van der Waals surface area contributed by atoms with E-state index in [1.165, 1.54) is 5.56 Å². The van der Waals surface area contributed by atoms with E-state index in [0.717, 1.165) is 31.6 Å². The van der Waals surface area contributed by atoms with Crippen LogP contribution in [0, 0.1) is 0 Å². The summed E-state index contributed by atoms with van der Waals surface area (Å²) >= 11 is 0. The first-order valence-corrected chi connectivity index (χ1v) is 7.04. The number of aliphatic hydroxyl groups excluding tert-OH is 1. The highest BCUT2D eigenvalue weighted by molar-refractivity contribution is 5.13. The van der Waals surface area contributed by atoms with Crippen molar-refractivity contribution >= 4 is 0 Å². The van der Waals surface area contributed by atoms with Gasteiger partial charge < -0.3 is 5.11 Å². The lowest BCUT2D eigenvalue weighted by Gasteiger charge is -2.26. The van der Waals surface area contributed by atoms with E-state index in [4.69, 9.17) is 0 Å². The van der Waals surface area contributed by atoms with E-state index in [-0.39, 0.29) is 12.1 Å². The maximum absolute atomic E-state index is 10.2. The summed E-state index contributed by atoms with van der Waals surface area (Å²) in [7, 11) is 0. The Morgan fingerprint density at radius 1 is 1.15 bits per heavy atom. The molecule has 4 heteroatoms. The maximum Gasteiger partial charge on any atom is 0.0710 e. The fourth-order valence-electron chi connectivity index (χ4n) is 2.82. The molecule has 1 aliphatic rings. The SMILES string of the molecule is O[C@@H]1CCN(Cc2ccccn2)[C@@H]1Cc1ccncc1. The van der Waals surface area contributed by atoms with Crippen LogP contribution in [0.3, 0.4) is 0 Å². The minimum absolute atomic E-state index is 0.166. The second kappa shape index (κ2) is 6.11. The Hall–Kier alpha value is -1.78. The fraction of sp³-hybridized carbons (Fsp3) is 0.375. The Morgan fingerprint density at radius 2 is 2.00 bits per heavy atom. The van der Waals surface area contributed by atoms with Gasteiger partial charge in [0.2, 0.25) is 0 Å². The highest BCUT2D eigenvalue weighted by Gasteiger charge is 2.32. The molecule has 2 aromatic heterocycles. The number of aromatic nitrogens is 2. The summed E-state index contributed by atoms with van der Waals surface area (Å²) in [5.41, 5.74) is 2.28. The standard InChI is InChI=1S/C16H19N3O/c20-16-6-10-19(12-14-3-1-2-7-18-14)15(16)11-13-4-8-17-9-5-13/h1-5,7-9,15-16,20H,6,10-12H2/t15-,16-/m1/s1. The van der Waals surface area contributed by atoms with Crippen molar-refractivity contribution in [3.63, 3.8) is 0 Å². The Morgan fingerprint density at radius 3 is 2.75 bits per heavy atom. The minimum atomic E-state index is -0.258. The van der Waals surface area contributed by atoms with Crippen molar-refractivity contribution in [2.24, 2.45) is 0 Å². The van der Waals surface area contributed by atoms with Crippen molar-refractivity contribution in [3.05, 3.63) is 60.2 Å². The van der Waals surface area contributed by atoms with Gasteiger partial charge in [0.15, 0.2) is 0 Å². The third kappa shape index (κ3) is 3.03. The highest BCUT2D eigenvalue weighted by Crippen LogP contribution is 2.23. The fourth-order valence-corrected chi connectivity index (χ4v) is 2.82. The Kier molecular flexibility index (Phi) is 4.04. The molecule has 3 heterocycles. The van der Waals surface area contributed by atoms with Crippen LogP contribution in [0.15, 0.2) is 48.9 Å². The van der Waals surface area contributed by atoms with Gasteiger partial charge in [-0.05, 0) is 42.7 Å². The number of hydrogen-bond acceptors (Lipinski definition) is 4. The molecule has 3 rings (SSSR count). The second-order valence-electron chi connectivity index (χ2n) is 5.27. The first kappa shape index (κ1) is 13.2. The maximum atomic E-state index is 10.2. The number of rotatable bonds is 4. The molecule has 20 heavy (non-hydrogen) atoms. The minimum Gasteiger partial charge on any atom is -0.391 e. The van der Waals surface area contributed by atoms with Crippen molar-refractivity contribution in [2.75, 3.05) is 6.54 Å². The second-order valence-corrected chi connectivity index (χ2v) is 5.27. The summed E-state index contributed by atoms with van der Waals surface area (Å²) in [6.07, 6.45) is 6.87. The summed E-state index contributed by atoms with van der Waals surface area (Å²) in [6, 6.07) is 10.2. The monoisotopic (exact) mass is 269 g/mol. The topological polar surface area (TPSA) is 49.2 Å². The molecule has 0 spiro atoms. The molecule has 1 aliphatic heterocycles. The van der Waals surface area contributed by atoms with E-state index in [1.54, 1.807) is 12.4 Å². The van der Waals surface area contributed by atoms with Gasteiger partial charge in [-0.25, -0.2) is 0 Å². The number of hydrogen-bond donors (Lipinski definition) is 1. The molecular weight excluding hydrogens is 250 g/mol. The summed E-state index contributed by atoms with van der Waals surface area (Å²) in [5, 5.41) is 10.2. The summed E-state index contributed by atoms with van der Waals surface area (Å²) in [4.78, 5) is 10.7. The van der Waals surface area contributed by atoms with E-state index in [9.17, 15) is 5.11 Å². The van der Waals surface area contributed by atoms with Crippen LogP contribution < -0.4 is 0 Å². The molecule has 0 bridgehead atoms. The summed E-state index contributed by atoms with van der Waals surface area (Å²) in [5.74, 6) is 0. The molecule has 0 aromatic carbocycles. The summed E-state index contributed by atoms with van der Waals surface area (Å²) in [6.45, 7) is 1.72. The van der Waals surface area contributed by atoms with Crippen molar-refractivity contribution in [3.8, 4) is 0 Å². The van der Waals surface area contributed by atoms with E-state index in [1.807, 2.05) is 36.5 Å². The molecule has 1 N–H and O–H groups in total. The van der Waals surface area contributed by atoms with Gasteiger partial charge in [0.1, 0.15) is 0 Å². The van der Waals surface area contributed by atoms with Crippen LogP contribution in [0.1, 0.15) is 17.7 Å². The van der Waals surface area contributed by atoms with E-state index < -0.39 is 0 Å². The zero-order valence-electron chi connectivity index (χ0n) is 11.4. The lowest BCUT2D eigenvalue weighted by atomic mass is 10.0. The third-order valence-electron chi connectivity index (χ3n) is 3.91. The van der Waals surface area contributed by atoms with Gasteiger partial charge in [-0.3, -0.25) is 14.9 Å². The van der Waals surface area contributed by atoms with Gasteiger partial charge in [-0.1, -0.05) is 6.07 Å². The van der Waals surface area contributed by atoms with E-state index in [0.29, 0.717) is 0 Å².